The normalized spacial score (nSPS) is 9.08. The lowest BCUT2D eigenvalue weighted by Crippen LogP contribution is -2.18. The topological polar surface area (TPSA) is 20.3 Å². The minimum atomic E-state index is 0.508. The summed E-state index contributed by atoms with van der Waals surface area (Å²) in [4.78, 5) is 2.02. The molecule has 0 radical (unpaired) electrons. The average Bonchev–Trinajstić information content (AvgIpc) is 2.15. The van der Waals surface area contributed by atoms with Gasteiger partial charge in [-0.15, -0.1) is 0 Å². The third-order valence-electron chi connectivity index (χ3n) is 1.61. The number of nitrogens with zero attached hydrogens (tertiary/aromatic N) is 1. The van der Waals surface area contributed by atoms with Gasteiger partial charge in [-0.1, -0.05) is 18.2 Å². The lowest BCUT2D eigenvalue weighted by molar-refractivity contribution is 0.701. The second kappa shape index (κ2) is 4.72. The molecule has 12 heavy (non-hydrogen) atoms. The first-order valence-electron chi connectivity index (χ1n) is 3.71. The first-order valence-corrected chi connectivity index (χ1v) is 4.51. The SMILES string of the molecule is CN(CC=S=O)c1ccccc1. The fourth-order valence-electron chi connectivity index (χ4n) is 0.930. The van der Waals surface area contributed by atoms with Gasteiger partial charge in [-0.2, -0.15) is 0 Å². The van der Waals surface area contributed by atoms with E-state index in [1.54, 1.807) is 5.37 Å². The molecule has 0 atom stereocenters. The predicted molar refractivity (Wildman–Crippen MR) is 53.9 cm³/mol. The van der Waals surface area contributed by atoms with E-state index in [1.807, 2.05) is 42.3 Å². The van der Waals surface area contributed by atoms with Gasteiger partial charge in [0.1, 0.15) is 0 Å². The molecule has 0 aromatic heterocycles. The van der Waals surface area contributed by atoms with Crippen LogP contribution >= 0.6 is 0 Å². The van der Waals surface area contributed by atoms with E-state index in [4.69, 9.17) is 0 Å². The van der Waals surface area contributed by atoms with Gasteiger partial charge >= 0.3 is 0 Å². The zero-order valence-electron chi connectivity index (χ0n) is 6.93. The number of hydrogen-bond acceptors (Lipinski definition) is 2. The lowest BCUT2D eigenvalue weighted by atomic mass is 10.3. The zero-order valence-corrected chi connectivity index (χ0v) is 7.75. The highest BCUT2D eigenvalue weighted by molar-refractivity contribution is 7.64. The molecule has 0 saturated carbocycles. The van der Waals surface area contributed by atoms with Crippen LogP contribution in [0.3, 0.4) is 0 Å². The van der Waals surface area contributed by atoms with Crippen LogP contribution in [-0.2, 0) is 11.3 Å². The van der Waals surface area contributed by atoms with Crippen molar-refractivity contribution >= 4 is 22.3 Å². The molecule has 0 bridgehead atoms. The van der Waals surface area contributed by atoms with Crippen molar-refractivity contribution in [3.05, 3.63) is 30.3 Å². The summed E-state index contributed by atoms with van der Waals surface area (Å²) in [6.45, 7) is 0.679. The smallest absolute Gasteiger partial charge is 0.0859 e. The second-order valence-corrected chi connectivity index (χ2v) is 3.00. The Balaban J connectivity index is 2.65. The molecule has 0 amide bonds. The molecule has 1 aromatic carbocycles. The summed E-state index contributed by atoms with van der Waals surface area (Å²) in [6, 6.07) is 9.97. The highest BCUT2D eigenvalue weighted by Gasteiger charge is 1.94. The van der Waals surface area contributed by atoms with Gasteiger partial charge in [0.15, 0.2) is 0 Å². The molecule has 1 aromatic rings. The van der Waals surface area contributed by atoms with Gasteiger partial charge in [-0.3, -0.25) is 0 Å². The largest absolute Gasteiger partial charge is 0.370 e. The van der Waals surface area contributed by atoms with Crippen LogP contribution < -0.4 is 4.90 Å². The molecule has 0 aliphatic carbocycles. The number of rotatable bonds is 3. The Morgan fingerprint density at radius 2 is 2.08 bits per heavy atom. The molecule has 3 heteroatoms. The Hall–Kier alpha value is -1.09. The molecule has 0 heterocycles. The molecule has 0 aliphatic rings. The highest BCUT2D eigenvalue weighted by Crippen LogP contribution is 2.09. The molecule has 0 N–H and O–H groups in total. The summed E-state index contributed by atoms with van der Waals surface area (Å²) in [6.07, 6.45) is 0. The molecule has 1 rings (SSSR count). The average molecular weight is 181 g/mol. The van der Waals surface area contributed by atoms with Gasteiger partial charge < -0.3 is 4.90 Å². The number of para-hydroxylation sites is 1. The van der Waals surface area contributed by atoms with Gasteiger partial charge in [-0.05, 0) is 12.1 Å². The predicted octanol–water partition coefficient (Wildman–Crippen LogP) is 1.14. The quantitative estimate of drug-likeness (QED) is 0.652. The molecule has 0 unspecified atom stereocenters. The minimum Gasteiger partial charge on any atom is -0.370 e. The first kappa shape index (κ1) is 9.00. The summed E-state index contributed by atoms with van der Waals surface area (Å²) in [5, 5.41) is 1.63. The van der Waals surface area contributed by atoms with E-state index in [0.29, 0.717) is 17.8 Å². The van der Waals surface area contributed by atoms with E-state index in [2.05, 4.69) is 0 Å². The van der Waals surface area contributed by atoms with Crippen molar-refractivity contribution < 1.29 is 4.21 Å². The van der Waals surface area contributed by atoms with Crippen LogP contribution in [0, 0.1) is 0 Å². The Kier molecular flexibility index (Phi) is 3.54. The highest BCUT2D eigenvalue weighted by atomic mass is 32.1. The van der Waals surface area contributed by atoms with Crippen molar-refractivity contribution in [2.75, 3.05) is 18.5 Å². The lowest BCUT2D eigenvalue weighted by Gasteiger charge is -2.15. The van der Waals surface area contributed by atoms with Crippen LogP contribution in [0.4, 0.5) is 5.69 Å². The van der Waals surface area contributed by atoms with Crippen molar-refractivity contribution in [2.45, 2.75) is 0 Å². The minimum absolute atomic E-state index is 0.508. The van der Waals surface area contributed by atoms with Gasteiger partial charge in [0.25, 0.3) is 0 Å². The van der Waals surface area contributed by atoms with Gasteiger partial charge in [0.05, 0.1) is 11.3 Å². The van der Waals surface area contributed by atoms with Crippen LogP contribution in [0.2, 0.25) is 0 Å². The van der Waals surface area contributed by atoms with E-state index in [1.165, 1.54) is 0 Å². The van der Waals surface area contributed by atoms with E-state index in [9.17, 15) is 4.21 Å². The number of benzene rings is 1. The second-order valence-electron chi connectivity index (χ2n) is 2.48. The Morgan fingerprint density at radius 1 is 1.42 bits per heavy atom. The van der Waals surface area contributed by atoms with E-state index >= 15 is 0 Å². The molecule has 0 aliphatic heterocycles. The van der Waals surface area contributed by atoms with Crippen molar-refractivity contribution in [3.8, 4) is 0 Å². The van der Waals surface area contributed by atoms with Crippen LogP contribution in [-0.4, -0.2) is 23.2 Å². The van der Waals surface area contributed by atoms with Crippen LogP contribution in [0.25, 0.3) is 0 Å². The number of hydrogen-bond donors (Lipinski definition) is 0. The fourth-order valence-corrected chi connectivity index (χ4v) is 1.21. The first-order chi connectivity index (χ1) is 5.84. The van der Waals surface area contributed by atoms with Crippen molar-refractivity contribution in [1.29, 1.82) is 0 Å². The van der Waals surface area contributed by atoms with Crippen LogP contribution in [0.15, 0.2) is 30.3 Å². The third-order valence-corrected chi connectivity index (χ3v) is 1.90. The zero-order chi connectivity index (χ0) is 8.81. The molecule has 0 fully saturated rings. The Morgan fingerprint density at radius 3 is 2.67 bits per heavy atom. The summed E-state index contributed by atoms with van der Waals surface area (Å²) < 4.78 is 10.1. The fraction of sp³-hybridized carbons (Fsp3) is 0.222. The maximum atomic E-state index is 10.1. The number of anilines is 1. The maximum Gasteiger partial charge on any atom is 0.0859 e. The Bertz CT molecular complexity index is 280. The van der Waals surface area contributed by atoms with E-state index < -0.39 is 0 Å². The van der Waals surface area contributed by atoms with Crippen molar-refractivity contribution in [2.24, 2.45) is 0 Å². The molecular weight excluding hydrogens is 170 g/mol. The van der Waals surface area contributed by atoms with E-state index in [-0.39, 0.29) is 0 Å². The maximum absolute atomic E-state index is 10.1. The van der Waals surface area contributed by atoms with Crippen molar-refractivity contribution in [3.63, 3.8) is 0 Å². The molecule has 0 saturated heterocycles. The summed E-state index contributed by atoms with van der Waals surface area (Å²) in [5.74, 6) is 0. The van der Waals surface area contributed by atoms with Gasteiger partial charge in [0.2, 0.25) is 0 Å². The summed E-state index contributed by atoms with van der Waals surface area (Å²) >= 11 is 0.508. The van der Waals surface area contributed by atoms with E-state index in [0.717, 1.165) is 5.69 Å². The third kappa shape index (κ3) is 2.51. The van der Waals surface area contributed by atoms with Crippen molar-refractivity contribution in [1.82, 2.24) is 0 Å². The molecular formula is C9H11NOS. The van der Waals surface area contributed by atoms with Crippen LogP contribution in [0.5, 0.6) is 0 Å². The molecule has 2 nitrogen and oxygen atoms in total. The van der Waals surface area contributed by atoms with Gasteiger partial charge in [-0.25, -0.2) is 4.21 Å². The summed E-state index contributed by atoms with van der Waals surface area (Å²) in [7, 11) is 1.96. The molecule has 64 valence electrons. The Labute approximate surface area is 75.9 Å². The van der Waals surface area contributed by atoms with Gasteiger partial charge in [0, 0.05) is 24.6 Å². The molecule has 0 spiro atoms. The monoisotopic (exact) mass is 181 g/mol. The van der Waals surface area contributed by atoms with Crippen LogP contribution in [0.1, 0.15) is 0 Å². The standard InChI is InChI=1S/C9H11NOS/c1-10(7-8-12-11)9-5-3-2-4-6-9/h2-6,8H,7H2,1H3. The summed E-state index contributed by atoms with van der Waals surface area (Å²) in [5.41, 5.74) is 1.13.